The summed E-state index contributed by atoms with van der Waals surface area (Å²) in [6.45, 7) is 4.16. The molecule has 1 aromatic carbocycles. The second kappa shape index (κ2) is 8.38. The van der Waals surface area contributed by atoms with Gasteiger partial charge in [-0.2, -0.15) is 13.2 Å². The lowest BCUT2D eigenvalue weighted by atomic mass is 10.2. The third kappa shape index (κ3) is 4.56. The van der Waals surface area contributed by atoms with Crippen molar-refractivity contribution in [2.24, 2.45) is 5.73 Å². The van der Waals surface area contributed by atoms with Gasteiger partial charge in [-0.05, 0) is 18.2 Å². The molecule has 1 saturated heterocycles. The summed E-state index contributed by atoms with van der Waals surface area (Å²) in [6.07, 6.45) is -4.41. The number of hydrogen-bond acceptors (Lipinski definition) is 6. The average Bonchev–Trinajstić information content (AvgIpc) is 3.05. The molecule has 1 aromatic heterocycles. The summed E-state index contributed by atoms with van der Waals surface area (Å²) >= 11 is 1.46. The van der Waals surface area contributed by atoms with E-state index in [-0.39, 0.29) is 6.54 Å². The second-order valence-electron chi connectivity index (χ2n) is 5.79. The van der Waals surface area contributed by atoms with Gasteiger partial charge >= 0.3 is 6.18 Å². The normalized spacial score (nSPS) is 16.2. The van der Waals surface area contributed by atoms with Crippen LogP contribution in [-0.4, -0.2) is 58.3 Å². The standard InChI is InChI=1S/C16H20F3N5OS/c17-16(18,19)12-2-1-3-13(10-12)24-14(11-20)21-22-15(24)26-9-6-23-4-7-25-8-5-23/h1-3,10H,4-9,11,20H2. The van der Waals surface area contributed by atoms with Crippen LogP contribution in [0, 0.1) is 0 Å². The minimum absolute atomic E-state index is 0.0905. The van der Waals surface area contributed by atoms with Gasteiger partial charge in [0, 0.05) is 25.4 Å². The zero-order valence-electron chi connectivity index (χ0n) is 14.1. The monoisotopic (exact) mass is 387 g/mol. The lowest BCUT2D eigenvalue weighted by molar-refractivity contribution is -0.137. The maximum absolute atomic E-state index is 13.0. The van der Waals surface area contributed by atoms with Crippen molar-refractivity contribution in [2.75, 3.05) is 38.6 Å². The Morgan fingerprint density at radius 2 is 1.96 bits per heavy atom. The molecule has 0 radical (unpaired) electrons. The lowest BCUT2D eigenvalue weighted by Crippen LogP contribution is -2.37. The van der Waals surface area contributed by atoms with Crippen molar-refractivity contribution in [3.63, 3.8) is 0 Å². The van der Waals surface area contributed by atoms with Gasteiger partial charge in [0.2, 0.25) is 0 Å². The van der Waals surface area contributed by atoms with Crippen LogP contribution in [0.3, 0.4) is 0 Å². The zero-order valence-corrected chi connectivity index (χ0v) is 14.9. The number of alkyl halides is 3. The van der Waals surface area contributed by atoms with E-state index in [1.807, 2.05) is 0 Å². The highest BCUT2D eigenvalue weighted by molar-refractivity contribution is 7.99. The Balaban J connectivity index is 1.77. The number of nitrogens with two attached hydrogens (primary N) is 1. The fourth-order valence-corrected chi connectivity index (χ4v) is 3.67. The summed E-state index contributed by atoms with van der Waals surface area (Å²) in [7, 11) is 0. The summed E-state index contributed by atoms with van der Waals surface area (Å²) in [5.74, 6) is 1.18. The third-order valence-corrected chi connectivity index (χ3v) is 4.97. The number of benzene rings is 1. The molecule has 26 heavy (non-hydrogen) atoms. The van der Waals surface area contributed by atoms with E-state index >= 15 is 0 Å². The third-order valence-electron chi connectivity index (χ3n) is 4.06. The van der Waals surface area contributed by atoms with Crippen molar-refractivity contribution in [3.05, 3.63) is 35.7 Å². The second-order valence-corrected chi connectivity index (χ2v) is 6.85. The molecule has 0 aliphatic carbocycles. The molecule has 2 aromatic rings. The summed E-state index contributed by atoms with van der Waals surface area (Å²) in [5.41, 5.74) is 5.34. The molecule has 0 amide bonds. The molecule has 1 aliphatic rings. The maximum atomic E-state index is 13.0. The molecule has 1 fully saturated rings. The topological polar surface area (TPSA) is 69.2 Å². The van der Waals surface area contributed by atoms with E-state index in [4.69, 9.17) is 10.5 Å². The van der Waals surface area contributed by atoms with Gasteiger partial charge in [-0.25, -0.2) is 0 Å². The van der Waals surface area contributed by atoms with Crippen LogP contribution in [0.2, 0.25) is 0 Å². The highest BCUT2D eigenvalue weighted by Gasteiger charge is 2.31. The first-order valence-electron chi connectivity index (χ1n) is 8.24. The number of hydrogen-bond donors (Lipinski definition) is 1. The first kappa shape index (κ1) is 19.2. The Bertz CT molecular complexity index is 731. The van der Waals surface area contributed by atoms with Crippen molar-refractivity contribution in [1.82, 2.24) is 19.7 Å². The molecule has 142 valence electrons. The molecule has 0 bridgehead atoms. The maximum Gasteiger partial charge on any atom is 0.416 e. The average molecular weight is 387 g/mol. The number of ether oxygens (including phenoxy) is 1. The largest absolute Gasteiger partial charge is 0.416 e. The molecule has 3 rings (SSSR count). The number of aromatic nitrogens is 3. The number of thioether (sulfide) groups is 1. The predicted octanol–water partition coefficient (Wildman–Crippen LogP) is 2.17. The lowest BCUT2D eigenvalue weighted by Gasteiger charge is -2.26. The first-order chi connectivity index (χ1) is 12.5. The Morgan fingerprint density at radius 1 is 1.19 bits per heavy atom. The van der Waals surface area contributed by atoms with Crippen LogP contribution in [0.1, 0.15) is 11.4 Å². The van der Waals surface area contributed by atoms with E-state index in [0.29, 0.717) is 16.7 Å². The van der Waals surface area contributed by atoms with Crippen molar-refractivity contribution < 1.29 is 17.9 Å². The van der Waals surface area contributed by atoms with E-state index < -0.39 is 11.7 Å². The van der Waals surface area contributed by atoms with Gasteiger partial charge in [-0.3, -0.25) is 9.47 Å². The number of halogens is 3. The fraction of sp³-hybridized carbons (Fsp3) is 0.500. The number of rotatable bonds is 6. The predicted molar refractivity (Wildman–Crippen MR) is 92.2 cm³/mol. The van der Waals surface area contributed by atoms with Crippen molar-refractivity contribution in [2.45, 2.75) is 17.9 Å². The van der Waals surface area contributed by atoms with Crippen LogP contribution in [0.25, 0.3) is 5.69 Å². The Labute approximate surface area is 153 Å². The van der Waals surface area contributed by atoms with Crippen molar-refractivity contribution in [3.8, 4) is 5.69 Å². The molecule has 2 heterocycles. The number of morpholine rings is 1. The molecule has 10 heteroatoms. The first-order valence-corrected chi connectivity index (χ1v) is 9.22. The summed E-state index contributed by atoms with van der Waals surface area (Å²) < 4.78 is 46.0. The molecule has 0 saturated carbocycles. The van der Waals surface area contributed by atoms with E-state index in [0.717, 1.165) is 50.7 Å². The van der Waals surface area contributed by atoms with Crippen LogP contribution in [0.5, 0.6) is 0 Å². The molecule has 6 nitrogen and oxygen atoms in total. The Kier molecular flexibility index (Phi) is 6.17. The van der Waals surface area contributed by atoms with Crippen molar-refractivity contribution >= 4 is 11.8 Å². The molecular weight excluding hydrogens is 367 g/mol. The van der Waals surface area contributed by atoms with E-state index in [1.165, 1.54) is 17.8 Å². The van der Waals surface area contributed by atoms with Gasteiger partial charge in [0.05, 0.1) is 31.0 Å². The smallest absolute Gasteiger partial charge is 0.379 e. The Hall–Kier alpha value is -1.62. The molecule has 2 N–H and O–H groups in total. The van der Waals surface area contributed by atoms with Crippen molar-refractivity contribution in [1.29, 1.82) is 0 Å². The SMILES string of the molecule is NCc1nnc(SCCN2CCOCC2)n1-c1cccc(C(F)(F)F)c1. The van der Waals surface area contributed by atoms with Crippen LogP contribution in [-0.2, 0) is 17.5 Å². The van der Waals surface area contributed by atoms with E-state index in [1.54, 1.807) is 10.6 Å². The van der Waals surface area contributed by atoms with Gasteiger partial charge in [-0.15, -0.1) is 10.2 Å². The molecule has 0 spiro atoms. The van der Waals surface area contributed by atoms with Gasteiger partial charge in [0.15, 0.2) is 11.0 Å². The van der Waals surface area contributed by atoms with Gasteiger partial charge in [-0.1, -0.05) is 17.8 Å². The van der Waals surface area contributed by atoms with E-state index in [9.17, 15) is 13.2 Å². The molecule has 0 unspecified atom stereocenters. The van der Waals surface area contributed by atoms with Crippen LogP contribution >= 0.6 is 11.8 Å². The molecule has 0 atom stereocenters. The zero-order chi connectivity index (χ0) is 18.6. The highest BCUT2D eigenvalue weighted by atomic mass is 32.2. The van der Waals surface area contributed by atoms with Crippen LogP contribution < -0.4 is 5.73 Å². The van der Waals surface area contributed by atoms with E-state index in [2.05, 4.69) is 15.1 Å². The fourth-order valence-electron chi connectivity index (χ4n) is 2.70. The minimum Gasteiger partial charge on any atom is -0.379 e. The summed E-state index contributed by atoms with van der Waals surface area (Å²) in [5, 5.41) is 8.67. The summed E-state index contributed by atoms with van der Waals surface area (Å²) in [6, 6.07) is 5.11. The van der Waals surface area contributed by atoms with Gasteiger partial charge < -0.3 is 10.5 Å². The van der Waals surface area contributed by atoms with Gasteiger partial charge in [0.1, 0.15) is 0 Å². The van der Waals surface area contributed by atoms with Crippen LogP contribution in [0.4, 0.5) is 13.2 Å². The Morgan fingerprint density at radius 3 is 2.65 bits per heavy atom. The highest BCUT2D eigenvalue weighted by Crippen LogP contribution is 2.31. The molecular formula is C16H20F3N5OS. The van der Waals surface area contributed by atoms with Crippen LogP contribution in [0.15, 0.2) is 29.4 Å². The molecule has 1 aliphatic heterocycles. The quantitative estimate of drug-likeness (QED) is 0.767. The number of nitrogens with zero attached hydrogens (tertiary/aromatic N) is 4. The van der Waals surface area contributed by atoms with Gasteiger partial charge in [0.25, 0.3) is 0 Å². The summed E-state index contributed by atoms with van der Waals surface area (Å²) in [4.78, 5) is 2.28. The minimum atomic E-state index is -4.41.